The molecule has 1 aromatic rings. The number of hydrogen-bond donors (Lipinski definition) is 1. The number of β-amino-alcohol motifs (C(OH)–C–C–N with tert-alkyl or cyclic N) is 1. The van der Waals surface area contributed by atoms with Crippen LogP contribution in [0.15, 0.2) is 23.0 Å². The van der Waals surface area contributed by atoms with Gasteiger partial charge in [-0.15, -0.1) is 0 Å². The number of likely N-dealkylation sites (tertiary alicyclic amines) is 2. The second-order valence-electron chi connectivity index (χ2n) is 9.00. The molecule has 9 heteroatoms. The maximum Gasteiger partial charge on any atom is 0.252 e. The largest absolute Gasteiger partial charge is 0.472 e. The Kier molecular flexibility index (Phi) is 4.91. The van der Waals surface area contributed by atoms with Crippen molar-refractivity contribution in [2.45, 2.75) is 49.9 Å². The number of aliphatic hydroxyl groups excluding tert-OH is 1. The summed E-state index contributed by atoms with van der Waals surface area (Å²) < 4.78 is 5.13. The van der Waals surface area contributed by atoms with Crippen LogP contribution in [0.4, 0.5) is 0 Å². The highest BCUT2D eigenvalue weighted by molar-refractivity contribution is 6.06. The fraction of sp³-hybridized carbons (Fsp3) is 0.667. The number of amides is 3. The van der Waals surface area contributed by atoms with Crippen LogP contribution in [0, 0.1) is 0 Å². The smallest absolute Gasteiger partial charge is 0.252 e. The summed E-state index contributed by atoms with van der Waals surface area (Å²) in [5.74, 6) is -0.209. The van der Waals surface area contributed by atoms with Crippen molar-refractivity contribution in [3.63, 3.8) is 0 Å². The Hall–Kier alpha value is -2.23. The highest BCUT2D eigenvalue weighted by atomic mass is 16.3. The highest BCUT2D eigenvalue weighted by Gasteiger charge is 2.64. The van der Waals surface area contributed by atoms with Gasteiger partial charge in [-0.25, -0.2) is 0 Å². The SMILES string of the molecule is O=C1CCCN1CCCN1C(=O)[C@@H]2C[C@@H](O)CN2C2(CN(Cc3ccoc3)C2)C1=O. The molecule has 2 atom stereocenters. The summed E-state index contributed by atoms with van der Waals surface area (Å²) in [4.78, 5) is 45.7. The lowest BCUT2D eigenvalue weighted by Gasteiger charge is -2.58. The van der Waals surface area contributed by atoms with Gasteiger partial charge in [-0.3, -0.25) is 29.1 Å². The van der Waals surface area contributed by atoms with Crippen LogP contribution in [0.1, 0.15) is 31.2 Å². The Bertz CT molecular complexity index is 834. The summed E-state index contributed by atoms with van der Waals surface area (Å²) in [7, 11) is 0. The molecular weight excluding hydrogens is 388 g/mol. The van der Waals surface area contributed by atoms with Gasteiger partial charge in [0, 0.05) is 57.8 Å². The van der Waals surface area contributed by atoms with Crippen molar-refractivity contribution >= 4 is 17.7 Å². The van der Waals surface area contributed by atoms with Gasteiger partial charge >= 0.3 is 0 Å². The molecule has 4 saturated heterocycles. The lowest BCUT2D eigenvalue weighted by Crippen LogP contribution is -2.81. The topological polar surface area (TPSA) is 97.5 Å². The van der Waals surface area contributed by atoms with E-state index in [2.05, 4.69) is 4.90 Å². The lowest BCUT2D eigenvalue weighted by molar-refractivity contribution is -0.180. The molecule has 162 valence electrons. The van der Waals surface area contributed by atoms with Crippen LogP contribution in [-0.2, 0) is 20.9 Å². The molecule has 4 fully saturated rings. The predicted molar refractivity (Wildman–Crippen MR) is 105 cm³/mol. The molecular formula is C21H28N4O5. The Morgan fingerprint density at radius 1 is 1.20 bits per heavy atom. The molecule has 0 radical (unpaired) electrons. The molecule has 0 bridgehead atoms. The minimum Gasteiger partial charge on any atom is -0.472 e. The zero-order valence-corrected chi connectivity index (χ0v) is 17.0. The third kappa shape index (κ3) is 3.16. The van der Waals surface area contributed by atoms with Crippen LogP contribution < -0.4 is 0 Å². The lowest BCUT2D eigenvalue weighted by atomic mass is 9.82. The van der Waals surface area contributed by atoms with Gasteiger partial charge in [0.05, 0.1) is 24.7 Å². The van der Waals surface area contributed by atoms with Crippen molar-refractivity contribution in [3.05, 3.63) is 24.2 Å². The second-order valence-corrected chi connectivity index (χ2v) is 9.00. The number of nitrogens with zero attached hydrogens (tertiary/aromatic N) is 4. The van der Waals surface area contributed by atoms with Gasteiger partial charge in [0.2, 0.25) is 11.8 Å². The minimum absolute atomic E-state index is 0.154. The molecule has 30 heavy (non-hydrogen) atoms. The maximum atomic E-state index is 13.5. The molecule has 1 spiro atoms. The van der Waals surface area contributed by atoms with Crippen molar-refractivity contribution in [3.8, 4) is 0 Å². The molecule has 4 aliphatic heterocycles. The number of carbonyl (C=O) groups excluding carboxylic acids is 3. The summed E-state index contributed by atoms with van der Waals surface area (Å²) in [5, 5.41) is 10.2. The third-order valence-corrected chi connectivity index (χ3v) is 6.96. The van der Waals surface area contributed by atoms with Gasteiger partial charge in [-0.05, 0) is 25.3 Å². The predicted octanol–water partition coefficient (Wildman–Crippen LogP) is -0.349. The third-order valence-electron chi connectivity index (χ3n) is 6.96. The zero-order valence-electron chi connectivity index (χ0n) is 17.0. The summed E-state index contributed by atoms with van der Waals surface area (Å²) in [6.07, 6.45) is 5.18. The van der Waals surface area contributed by atoms with Crippen LogP contribution >= 0.6 is 0 Å². The van der Waals surface area contributed by atoms with Crippen molar-refractivity contribution in [1.29, 1.82) is 0 Å². The number of aliphatic hydroxyl groups is 1. The number of furan rings is 1. The summed E-state index contributed by atoms with van der Waals surface area (Å²) in [6.45, 7) is 3.78. The summed E-state index contributed by atoms with van der Waals surface area (Å²) in [6, 6.07) is 1.47. The first-order valence-electron chi connectivity index (χ1n) is 10.8. The van der Waals surface area contributed by atoms with Crippen molar-refractivity contribution < 1.29 is 23.9 Å². The van der Waals surface area contributed by atoms with E-state index >= 15 is 0 Å². The van der Waals surface area contributed by atoms with E-state index < -0.39 is 17.7 Å². The van der Waals surface area contributed by atoms with Gasteiger partial charge in [-0.1, -0.05) is 0 Å². The van der Waals surface area contributed by atoms with E-state index in [1.807, 2.05) is 15.9 Å². The quantitative estimate of drug-likeness (QED) is 0.633. The van der Waals surface area contributed by atoms with Gasteiger partial charge in [-0.2, -0.15) is 0 Å². The van der Waals surface area contributed by atoms with E-state index in [9.17, 15) is 19.5 Å². The molecule has 1 N–H and O–H groups in total. The van der Waals surface area contributed by atoms with Crippen molar-refractivity contribution in [2.24, 2.45) is 0 Å². The monoisotopic (exact) mass is 416 g/mol. The van der Waals surface area contributed by atoms with E-state index in [-0.39, 0.29) is 17.7 Å². The highest BCUT2D eigenvalue weighted by Crippen LogP contribution is 2.40. The minimum atomic E-state index is -0.747. The Balaban J connectivity index is 1.28. The van der Waals surface area contributed by atoms with Crippen LogP contribution in [-0.4, -0.2) is 99.4 Å². The second kappa shape index (κ2) is 7.47. The molecule has 9 nitrogen and oxygen atoms in total. The van der Waals surface area contributed by atoms with Gasteiger partial charge < -0.3 is 14.4 Å². The van der Waals surface area contributed by atoms with E-state index in [1.165, 1.54) is 4.90 Å². The number of rotatable bonds is 6. The Morgan fingerprint density at radius 3 is 2.73 bits per heavy atom. The molecule has 3 amide bonds. The van der Waals surface area contributed by atoms with Gasteiger partial charge in [0.1, 0.15) is 5.54 Å². The molecule has 5 heterocycles. The molecule has 0 unspecified atom stereocenters. The number of hydrogen-bond acceptors (Lipinski definition) is 7. The Labute approximate surface area is 175 Å². The van der Waals surface area contributed by atoms with E-state index in [1.54, 1.807) is 12.5 Å². The van der Waals surface area contributed by atoms with E-state index in [4.69, 9.17) is 4.42 Å². The number of carbonyl (C=O) groups is 3. The number of piperazine rings is 1. The van der Waals surface area contributed by atoms with E-state index in [0.29, 0.717) is 58.5 Å². The maximum absolute atomic E-state index is 13.5. The first-order valence-corrected chi connectivity index (χ1v) is 10.8. The van der Waals surface area contributed by atoms with Crippen LogP contribution in [0.2, 0.25) is 0 Å². The standard InChI is InChI=1S/C21H28N4O5/c26-16-9-17-19(28)24(7-2-6-23-5-1-3-18(23)27)20(29)21(25(17)11-16)13-22(14-21)10-15-4-8-30-12-15/h4,8,12,16-17,26H,1-3,5-7,9-11,13-14H2/t16-,17+/m1/s1. The molecule has 5 rings (SSSR count). The summed E-state index contributed by atoms with van der Waals surface area (Å²) in [5.41, 5.74) is 0.304. The zero-order chi connectivity index (χ0) is 20.9. The molecule has 1 aromatic heterocycles. The van der Waals surface area contributed by atoms with Crippen molar-refractivity contribution in [1.82, 2.24) is 19.6 Å². The summed E-state index contributed by atoms with van der Waals surface area (Å²) >= 11 is 0. The average Bonchev–Trinajstić information content (AvgIpc) is 3.42. The number of fused-ring (bicyclic) bond motifs is 2. The molecule has 0 aliphatic carbocycles. The van der Waals surface area contributed by atoms with Gasteiger partial charge in [0.25, 0.3) is 5.91 Å². The first kappa shape index (κ1) is 19.7. The number of imide groups is 1. The normalized spacial score (nSPS) is 29.2. The Morgan fingerprint density at radius 2 is 2.03 bits per heavy atom. The van der Waals surface area contributed by atoms with Crippen LogP contribution in [0.25, 0.3) is 0 Å². The molecule has 0 saturated carbocycles. The fourth-order valence-corrected chi connectivity index (χ4v) is 5.51. The van der Waals surface area contributed by atoms with Crippen LogP contribution in [0.3, 0.4) is 0 Å². The van der Waals surface area contributed by atoms with Crippen molar-refractivity contribution in [2.75, 3.05) is 39.3 Å². The average molecular weight is 416 g/mol. The van der Waals surface area contributed by atoms with Gasteiger partial charge in [0.15, 0.2) is 0 Å². The first-order chi connectivity index (χ1) is 14.5. The fourth-order valence-electron chi connectivity index (χ4n) is 5.51. The van der Waals surface area contributed by atoms with E-state index in [0.717, 1.165) is 18.5 Å². The molecule has 4 aliphatic rings. The molecule has 0 aromatic carbocycles. The van der Waals surface area contributed by atoms with Crippen LogP contribution in [0.5, 0.6) is 0 Å².